The lowest BCUT2D eigenvalue weighted by molar-refractivity contribution is -0.137. The molecule has 6 heteroatoms. The summed E-state index contributed by atoms with van der Waals surface area (Å²) < 4.78 is 40.3. The first-order valence-corrected chi connectivity index (χ1v) is 8.15. The van der Waals surface area contributed by atoms with Crippen LogP contribution < -0.4 is 5.43 Å². The standard InChI is InChI=1S/C17H18F3NOS/c1-4-11(2)23-15-10-21(3)9-14(16(15)22)12-6-5-7-13(8-12)17(18,19)20/h5-11H,4H2,1-3H3. The molecule has 0 spiro atoms. The molecule has 0 aliphatic carbocycles. The van der Waals surface area contributed by atoms with E-state index in [1.807, 2.05) is 13.8 Å². The molecule has 1 heterocycles. The van der Waals surface area contributed by atoms with Crippen LogP contribution in [0.2, 0.25) is 0 Å². The van der Waals surface area contributed by atoms with E-state index in [9.17, 15) is 18.0 Å². The van der Waals surface area contributed by atoms with Gasteiger partial charge in [0, 0.05) is 30.3 Å². The summed E-state index contributed by atoms with van der Waals surface area (Å²) >= 11 is 1.45. The van der Waals surface area contributed by atoms with Crippen LogP contribution in [0, 0.1) is 0 Å². The molecular weight excluding hydrogens is 323 g/mol. The van der Waals surface area contributed by atoms with Gasteiger partial charge in [0.2, 0.25) is 5.43 Å². The Bertz CT molecular complexity index is 752. The minimum atomic E-state index is -4.43. The number of aromatic nitrogens is 1. The Balaban J connectivity index is 2.54. The first-order valence-electron chi connectivity index (χ1n) is 7.27. The lowest BCUT2D eigenvalue weighted by Crippen LogP contribution is -2.13. The van der Waals surface area contributed by atoms with Gasteiger partial charge in [0.1, 0.15) is 0 Å². The molecule has 0 aliphatic heterocycles. The second-order valence-corrected chi connectivity index (χ2v) is 6.93. The van der Waals surface area contributed by atoms with Gasteiger partial charge >= 0.3 is 6.18 Å². The molecule has 23 heavy (non-hydrogen) atoms. The van der Waals surface area contributed by atoms with Crippen LogP contribution in [0.5, 0.6) is 0 Å². The second-order valence-electron chi connectivity index (χ2n) is 5.45. The monoisotopic (exact) mass is 341 g/mol. The zero-order chi connectivity index (χ0) is 17.2. The summed E-state index contributed by atoms with van der Waals surface area (Å²) in [5, 5.41) is 0.263. The zero-order valence-corrected chi connectivity index (χ0v) is 14.0. The number of rotatable bonds is 4. The van der Waals surface area contributed by atoms with E-state index in [1.54, 1.807) is 24.0 Å². The van der Waals surface area contributed by atoms with E-state index >= 15 is 0 Å². The molecule has 0 fully saturated rings. The number of aryl methyl sites for hydroxylation is 1. The molecular formula is C17H18F3NOS. The number of nitrogens with zero attached hydrogens (tertiary/aromatic N) is 1. The van der Waals surface area contributed by atoms with Gasteiger partial charge in [-0.2, -0.15) is 13.2 Å². The first-order chi connectivity index (χ1) is 10.7. The third-order valence-electron chi connectivity index (χ3n) is 3.53. The number of alkyl halides is 3. The van der Waals surface area contributed by atoms with Crippen molar-refractivity contribution in [3.63, 3.8) is 0 Å². The summed E-state index contributed by atoms with van der Waals surface area (Å²) in [5.74, 6) is 0. The van der Waals surface area contributed by atoms with Crippen molar-refractivity contribution in [2.75, 3.05) is 0 Å². The fraction of sp³-hybridized carbons (Fsp3) is 0.353. The van der Waals surface area contributed by atoms with Gasteiger partial charge < -0.3 is 4.57 Å². The maximum Gasteiger partial charge on any atom is 0.416 e. The molecule has 2 aromatic rings. The Labute approximate surface area is 137 Å². The van der Waals surface area contributed by atoms with Gasteiger partial charge in [0.25, 0.3) is 0 Å². The van der Waals surface area contributed by atoms with Gasteiger partial charge in [-0.1, -0.05) is 26.0 Å². The predicted octanol–water partition coefficient (Wildman–Crippen LogP) is 4.96. The van der Waals surface area contributed by atoms with Crippen LogP contribution in [-0.4, -0.2) is 9.82 Å². The number of halogens is 3. The van der Waals surface area contributed by atoms with Crippen molar-refractivity contribution in [2.24, 2.45) is 7.05 Å². The first kappa shape index (κ1) is 17.7. The maximum atomic E-state index is 12.9. The summed E-state index contributed by atoms with van der Waals surface area (Å²) in [4.78, 5) is 13.2. The quantitative estimate of drug-likeness (QED) is 0.733. The largest absolute Gasteiger partial charge is 0.416 e. The summed E-state index contributed by atoms with van der Waals surface area (Å²) in [6.07, 6.45) is -0.235. The Morgan fingerprint density at radius 2 is 1.96 bits per heavy atom. The van der Waals surface area contributed by atoms with Gasteiger partial charge in [-0.3, -0.25) is 4.79 Å². The maximum absolute atomic E-state index is 12.9. The Hall–Kier alpha value is -1.69. The molecule has 1 atom stereocenters. The van der Waals surface area contributed by atoms with E-state index in [0.29, 0.717) is 4.90 Å². The van der Waals surface area contributed by atoms with Crippen molar-refractivity contribution in [1.82, 2.24) is 4.57 Å². The average Bonchev–Trinajstić information content (AvgIpc) is 2.49. The van der Waals surface area contributed by atoms with Crippen molar-refractivity contribution < 1.29 is 13.2 Å². The zero-order valence-electron chi connectivity index (χ0n) is 13.1. The van der Waals surface area contributed by atoms with Crippen LogP contribution in [0.4, 0.5) is 13.2 Å². The molecule has 0 radical (unpaired) electrons. The number of pyridine rings is 1. The molecule has 0 amide bonds. The molecule has 124 valence electrons. The molecule has 2 nitrogen and oxygen atoms in total. The lowest BCUT2D eigenvalue weighted by Gasteiger charge is -2.13. The smallest absolute Gasteiger partial charge is 0.355 e. The fourth-order valence-electron chi connectivity index (χ4n) is 2.13. The number of hydrogen-bond donors (Lipinski definition) is 0. The summed E-state index contributed by atoms with van der Waals surface area (Å²) in [6, 6.07) is 4.88. The van der Waals surface area contributed by atoms with Gasteiger partial charge in [0.15, 0.2) is 0 Å². The molecule has 2 rings (SSSR count). The third-order valence-corrected chi connectivity index (χ3v) is 4.81. The third kappa shape index (κ3) is 4.19. The Morgan fingerprint density at radius 3 is 2.57 bits per heavy atom. The molecule has 1 aromatic heterocycles. The minimum absolute atomic E-state index is 0.229. The Morgan fingerprint density at radius 1 is 1.26 bits per heavy atom. The normalized spacial score (nSPS) is 13.1. The highest BCUT2D eigenvalue weighted by Gasteiger charge is 2.30. The van der Waals surface area contributed by atoms with Gasteiger partial charge in [-0.15, -0.1) is 11.8 Å². The summed E-state index contributed by atoms with van der Waals surface area (Å²) in [6.45, 7) is 4.04. The highest BCUT2D eigenvalue weighted by atomic mass is 32.2. The fourth-order valence-corrected chi connectivity index (χ4v) is 3.17. The molecule has 0 N–H and O–H groups in total. The van der Waals surface area contributed by atoms with E-state index < -0.39 is 11.7 Å². The molecule has 0 aliphatic rings. The van der Waals surface area contributed by atoms with Gasteiger partial charge in [0.05, 0.1) is 10.5 Å². The van der Waals surface area contributed by atoms with Crippen molar-refractivity contribution in [3.8, 4) is 11.1 Å². The van der Waals surface area contributed by atoms with Crippen LogP contribution in [0.3, 0.4) is 0 Å². The van der Waals surface area contributed by atoms with Crippen molar-refractivity contribution >= 4 is 11.8 Å². The highest BCUT2D eigenvalue weighted by Crippen LogP contribution is 2.32. The van der Waals surface area contributed by atoms with Crippen LogP contribution in [-0.2, 0) is 13.2 Å². The van der Waals surface area contributed by atoms with Gasteiger partial charge in [-0.05, 0) is 24.1 Å². The van der Waals surface area contributed by atoms with Crippen molar-refractivity contribution in [1.29, 1.82) is 0 Å². The van der Waals surface area contributed by atoms with Crippen LogP contribution in [0.25, 0.3) is 11.1 Å². The molecule has 0 saturated carbocycles. The van der Waals surface area contributed by atoms with E-state index in [4.69, 9.17) is 0 Å². The number of benzene rings is 1. The Kier molecular flexibility index (Phi) is 5.24. The van der Waals surface area contributed by atoms with E-state index in [0.717, 1.165) is 18.6 Å². The lowest BCUT2D eigenvalue weighted by atomic mass is 10.0. The van der Waals surface area contributed by atoms with Crippen molar-refractivity contribution in [3.05, 3.63) is 52.4 Å². The predicted molar refractivity (Wildman–Crippen MR) is 87.7 cm³/mol. The van der Waals surface area contributed by atoms with E-state index in [2.05, 4.69) is 0 Å². The molecule has 0 bridgehead atoms. The van der Waals surface area contributed by atoms with Gasteiger partial charge in [-0.25, -0.2) is 0 Å². The SMILES string of the molecule is CCC(C)Sc1cn(C)cc(-c2cccc(C(F)(F)F)c2)c1=O. The van der Waals surface area contributed by atoms with E-state index in [1.165, 1.54) is 23.9 Å². The highest BCUT2D eigenvalue weighted by molar-refractivity contribution is 7.99. The summed E-state index contributed by atoms with van der Waals surface area (Å²) in [7, 11) is 1.76. The molecule has 1 unspecified atom stereocenters. The molecule has 1 aromatic carbocycles. The van der Waals surface area contributed by atoms with Crippen LogP contribution in [0.15, 0.2) is 46.3 Å². The number of hydrogen-bond acceptors (Lipinski definition) is 2. The van der Waals surface area contributed by atoms with Crippen LogP contribution >= 0.6 is 11.8 Å². The second kappa shape index (κ2) is 6.83. The van der Waals surface area contributed by atoms with Crippen molar-refractivity contribution in [2.45, 2.75) is 36.6 Å². The topological polar surface area (TPSA) is 22.0 Å². The minimum Gasteiger partial charge on any atom is -0.355 e. The van der Waals surface area contributed by atoms with E-state index in [-0.39, 0.29) is 21.8 Å². The summed E-state index contributed by atoms with van der Waals surface area (Å²) in [5.41, 5.74) is -0.413. The molecule has 0 saturated heterocycles. The number of thioether (sulfide) groups is 1. The van der Waals surface area contributed by atoms with Crippen LogP contribution in [0.1, 0.15) is 25.8 Å². The average molecular weight is 341 g/mol.